The van der Waals surface area contributed by atoms with Crippen molar-refractivity contribution >= 4 is 21.4 Å². The third kappa shape index (κ3) is 3.95. The number of carbonyl (C=O) groups is 1. The third-order valence-electron chi connectivity index (χ3n) is 5.60. The van der Waals surface area contributed by atoms with Gasteiger partial charge >= 0.3 is 0 Å². The van der Waals surface area contributed by atoms with E-state index in [1.54, 1.807) is 43.4 Å². The summed E-state index contributed by atoms with van der Waals surface area (Å²) in [6, 6.07) is 14.2. The molecule has 2 unspecified atom stereocenters. The number of carbonyl (C=O) groups excluding carboxylic acids is 1. The first-order valence-corrected chi connectivity index (χ1v) is 11.3. The van der Waals surface area contributed by atoms with Crippen molar-refractivity contribution in [1.29, 1.82) is 0 Å². The zero-order valence-corrected chi connectivity index (χ0v) is 17.3. The summed E-state index contributed by atoms with van der Waals surface area (Å²) in [5.74, 6) is 1.40. The SMILES string of the molecule is COc1ccc(CN2CC(=O)N(c3ccc(OC)cc3)C3CS(=O)(=O)CC32)cc1. The molecular formula is C21H24N2O5S. The maximum absolute atomic E-state index is 13.0. The molecule has 2 heterocycles. The molecule has 0 bridgehead atoms. The van der Waals surface area contributed by atoms with Crippen LogP contribution >= 0.6 is 0 Å². The van der Waals surface area contributed by atoms with E-state index in [4.69, 9.17) is 9.47 Å². The summed E-state index contributed by atoms with van der Waals surface area (Å²) >= 11 is 0. The maximum atomic E-state index is 13.0. The molecule has 7 nitrogen and oxygen atoms in total. The average Bonchev–Trinajstić information content (AvgIpc) is 3.04. The minimum Gasteiger partial charge on any atom is -0.497 e. The molecule has 0 N–H and O–H groups in total. The van der Waals surface area contributed by atoms with Crippen LogP contribution < -0.4 is 14.4 Å². The van der Waals surface area contributed by atoms with Crippen LogP contribution in [0.25, 0.3) is 0 Å². The Morgan fingerprint density at radius 1 is 0.897 bits per heavy atom. The normalized spacial score (nSPS) is 23.7. The summed E-state index contributed by atoms with van der Waals surface area (Å²) in [4.78, 5) is 16.7. The Labute approximate surface area is 170 Å². The van der Waals surface area contributed by atoms with E-state index in [1.165, 1.54) is 0 Å². The Hall–Kier alpha value is -2.58. The van der Waals surface area contributed by atoms with Gasteiger partial charge in [-0.15, -0.1) is 0 Å². The van der Waals surface area contributed by atoms with Gasteiger partial charge in [0.05, 0.1) is 38.3 Å². The van der Waals surface area contributed by atoms with Gasteiger partial charge in [0.1, 0.15) is 11.5 Å². The topological polar surface area (TPSA) is 76.2 Å². The fourth-order valence-corrected chi connectivity index (χ4v) is 6.16. The van der Waals surface area contributed by atoms with Gasteiger partial charge in [-0.3, -0.25) is 9.69 Å². The molecular weight excluding hydrogens is 392 g/mol. The van der Waals surface area contributed by atoms with Crippen LogP contribution in [0.1, 0.15) is 5.56 Å². The lowest BCUT2D eigenvalue weighted by molar-refractivity contribution is -0.123. The molecule has 2 aliphatic heterocycles. The van der Waals surface area contributed by atoms with E-state index in [9.17, 15) is 13.2 Å². The Morgan fingerprint density at radius 3 is 2.03 bits per heavy atom. The van der Waals surface area contributed by atoms with Crippen LogP contribution in [0.4, 0.5) is 5.69 Å². The van der Waals surface area contributed by atoms with Gasteiger partial charge in [-0.05, 0) is 42.0 Å². The first kappa shape index (κ1) is 19.7. The van der Waals surface area contributed by atoms with Crippen molar-refractivity contribution in [3.8, 4) is 11.5 Å². The predicted octanol–water partition coefficient (Wildman–Crippen LogP) is 1.72. The Morgan fingerprint density at radius 2 is 1.45 bits per heavy atom. The standard InChI is InChI=1S/C21H24N2O5S/c1-27-17-7-3-15(4-8-17)11-22-12-21(24)23(16-5-9-18(28-2)10-6-16)20-14-29(25,26)13-19(20)22/h3-10,19-20H,11-14H2,1-2H3. The number of fused-ring (bicyclic) bond motifs is 1. The lowest BCUT2D eigenvalue weighted by Crippen LogP contribution is -2.61. The molecule has 0 radical (unpaired) electrons. The van der Waals surface area contributed by atoms with Crippen LogP contribution in [0.2, 0.25) is 0 Å². The van der Waals surface area contributed by atoms with Crippen LogP contribution in [-0.2, 0) is 21.2 Å². The summed E-state index contributed by atoms with van der Waals surface area (Å²) in [7, 11) is -0.0299. The van der Waals surface area contributed by atoms with Crippen LogP contribution in [0.3, 0.4) is 0 Å². The zero-order chi connectivity index (χ0) is 20.6. The molecule has 154 valence electrons. The average molecular weight is 416 g/mol. The maximum Gasteiger partial charge on any atom is 0.241 e. The van der Waals surface area contributed by atoms with E-state index >= 15 is 0 Å². The van der Waals surface area contributed by atoms with Crippen LogP contribution in [0, 0.1) is 0 Å². The number of amides is 1. The van der Waals surface area contributed by atoms with Crippen molar-refractivity contribution < 1.29 is 22.7 Å². The Kier molecular flexibility index (Phi) is 5.23. The number of hydrogen-bond acceptors (Lipinski definition) is 6. The van der Waals surface area contributed by atoms with E-state index in [-0.39, 0.29) is 30.0 Å². The van der Waals surface area contributed by atoms with E-state index in [1.807, 2.05) is 29.2 Å². The van der Waals surface area contributed by atoms with Crippen molar-refractivity contribution in [1.82, 2.24) is 4.90 Å². The molecule has 0 saturated carbocycles. The third-order valence-corrected chi connectivity index (χ3v) is 7.30. The molecule has 4 rings (SSSR count). The quantitative estimate of drug-likeness (QED) is 0.739. The van der Waals surface area contributed by atoms with Crippen molar-refractivity contribution in [2.45, 2.75) is 18.6 Å². The van der Waals surface area contributed by atoms with Crippen LogP contribution in [-0.4, -0.2) is 63.6 Å². The molecule has 0 spiro atoms. The number of benzene rings is 2. The number of methoxy groups -OCH3 is 2. The molecule has 29 heavy (non-hydrogen) atoms. The zero-order valence-electron chi connectivity index (χ0n) is 16.4. The van der Waals surface area contributed by atoms with E-state index in [2.05, 4.69) is 0 Å². The number of hydrogen-bond donors (Lipinski definition) is 0. The molecule has 2 aliphatic rings. The van der Waals surface area contributed by atoms with Gasteiger partial charge in [0.2, 0.25) is 5.91 Å². The first-order valence-electron chi connectivity index (χ1n) is 9.44. The molecule has 1 amide bonds. The highest BCUT2D eigenvalue weighted by molar-refractivity contribution is 7.91. The fourth-order valence-electron chi connectivity index (χ4n) is 4.17. The number of rotatable bonds is 5. The molecule has 2 atom stereocenters. The molecule has 8 heteroatoms. The Balaban J connectivity index is 1.61. The van der Waals surface area contributed by atoms with Gasteiger partial charge in [-0.1, -0.05) is 12.1 Å². The smallest absolute Gasteiger partial charge is 0.241 e. The predicted molar refractivity (Wildman–Crippen MR) is 110 cm³/mol. The number of anilines is 1. The van der Waals surface area contributed by atoms with Crippen molar-refractivity contribution in [2.24, 2.45) is 0 Å². The van der Waals surface area contributed by atoms with Gasteiger partial charge in [-0.25, -0.2) is 8.42 Å². The van der Waals surface area contributed by atoms with E-state index in [0.717, 1.165) is 11.3 Å². The fraction of sp³-hybridized carbons (Fsp3) is 0.381. The van der Waals surface area contributed by atoms with Gasteiger partial charge in [0.25, 0.3) is 0 Å². The number of nitrogens with zero attached hydrogens (tertiary/aromatic N) is 2. The van der Waals surface area contributed by atoms with Gasteiger partial charge in [0.15, 0.2) is 9.84 Å². The summed E-state index contributed by atoms with van der Waals surface area (Å²) in [6.07, 6.45) is 0. The van der Waals surface area contributed by atoms with E-state index < -0.39 is 15.9 Å². The Bertz CT molecular complexity index is 989. The summed E-state index contributed by atoms with van der Waals surface area (Å²) in [6.45, 7) is 0.692. The molecule has 2 aromatic rings. The molecule has 2 aromatic carbocycles. The van der Waals surface area contributed by atoms with Crippen molar-refractivity contribution in [3.05, 3.63) is 54.1 Å². The first-order chi connectivity index (χ1) is 13.9. The highest BCUT2D eigenvalue weighted by atomic mass is 32.2. The number of piperazine rings is 1. The summed E-state index contributed by atoms with van der Waals surface area (Å²) < 4.78 is 35.3. The van der Waals surface area contributed by atoms with Crippen LogP contribution in [0.5, 0.6) is 11.5 Å². The minimum absolute atomic E-state index is 0.0193. The minimum atomic E-state index is -3.22. The number of sulfone groups is 1. The lowest BCUT2D eigenvalue weighted by atomic mass is 10.0. The monoisotopic (exact) mass is 416 g/mol. The lowest BCUT2D eigenvalue weighted by Gasteiger charge is -2.43. The molecule has 0 aromatic heterocycles. The van der Waals surface area contributed by atoms with Gasteiger partial charge in [0, 0.05) is 18.3 Å². The highest BCUT2D eigenvalue weighted by Gasteiger charge is 2.49. The van der Waals surface area contributed by atoms with Crippen LogP contribution in [0.15, 0.2) is 48.5 Å². The largest absolute Gasteiger partial charge is 0.497 e. The second-order valence-corrected chi connectivity index (χ2v) is 9.58. The molecule has 0 aliphatic carbocycles. The van der Waals surface area contributed by atoms with E-state index in [0.29, 0.717) is 18.0 Å². The summed E-state index contributed by atoms with van der Waals surface area (Å²) in [5.41, 5.74) is 1.71. The van der Waals surface area contributed by atoms with Crippen molar-refractivity contribution in [3.63, 3.8) is 0 Å². The number of ether oxygens (including phenoxy) is 2. The second-order valence-electron chi connectivity index (χ2n) is 7.43. The molecule has 2 fully saturated rings. The summed E-state index contributed by atoms with van der Waals surface area (Å²) in [5, 5.41) is 0. The second kappa shape index (κ2) is 7.68. The van der Waals surface area contributed by atoms with Gasteiger partial charge < -0.3 is 14.4 Å². The van der Waals surface area contributed by atoms with Crippen molar-refractivity contribution in [2.75, 3.05) is 37.2 Å². The molecule has 2 saturated heterocycles. The highest BCUT2D eigenvalue weighted by Crippen LogP contribution is 2.33. The van der Waals surface area contributed by atoms with Gasteiger partial charge in [-0.2, -0.15) is 0 Å².